The first-order chi connectivity index (χ1) is 31.8. The molecule has 3 saturated heterocycles. The van der Waals surface area contributed by atoms with E-state index >= 15 is 0 Å². The van der Waals surface area contributed by atoms with E-state index in [9.17, 15) is 60.7 Å². The van der Waals surface area contributed by atoms with Crippen LogP contribution in [0.4, 0.5) is 0 Å². The van der Waals surface area contributed by atoms with Crippen molar-refractivity contribution in [3.63, 3.8) is 0 Å². The Morgan fingerprint density at radius 1 is 0.706 bits per heavy atom. The van der Waals surface area contributed by atoms with Crippen molar-refractivity contribution in [2.24, 2.45) is 50.2 Å². The molecule has 3 aliphatic heterocycles. The van der Waals surface area contributed by atoms with Crippen LogP contribution < -0.4 is 0 Å². The Hall–Kier alpha value is -1.92. The van der Waals surface area contributed by atoms with Crippen LogP contribution in [0, 0.1) is 50.2 Å². The maximum absolute atomic E-state index is 15.0. The highest BCUT2D eigenvalue weighted by Gasteiger charge is 2.70. The van der Waals surface area contributed by atoms with Crippen molar-refractivity contribution in [3.8, 4) is 0 Å². The number of esters is 2. The molecule has 4 saturated carbocycles. The van der Waals surface area contributed by atoms with Gasteiger partial charge in [0.25, 0.3) is 0 Å². The minimum absolute atomic E-state index is 0.0233. The van der Waals surface area contributed by atoms with Gasteiger partial charge < -0.3 is 84.2 Å². The van der Waals surface area contributed by atoms with E-state index < -0.39 is 128 Å². The number of ether oxygens (including phenoxy) is 7. The average molecular weight is 971 g/mol. The minimum Gasteiger partial charge on any atom is -0.454 e. The number of fused-ring (bicyclic) bond motifs is 7. The summed E-state index contributed by atoms with van der Waals surface area (Å²) in [5, 5.41) is 106. The van der Waals surface area contributed by atoms with Crippen molar-refractivity contribution < 1.29 is 93.8 Å². The van der Waals surface area contributed by atoms with Crippen LogP contribution in [0.25, 0.3) is 0 Å². The zero-order valence-corrected chi connectivity index (χ0v) is 40.5. The van der Waals surface area contributed by atoms with Crippen molar-refractivity contribution in [1.82, 2.24) is 0 Å². The molecule has 388 valence electrons. The molecule has 0 aromatic rings. The van der Waals surface area contributed by atoms with Crippen molar-refractivity contribution in [3.05, 3.63) is 11.6 Å². The molecule has 5 aliphatic carbocycles. The van der Waals surface area contributed by atoms with E-state index in [4.69, 9.17) is 33.2 Å². The Labute approximate surface area is 398 Å². The molecule has 0 aromatic carbocycles. The summed E-state index contributed by atoms with van der Waals surface area (Å²) in [6, 6.07) is 0. The van der Waals surface area contributed by atoms with Crippen LogP contribution in [0.1, 0.15) is 113 Å². The largest absolute Gasteiger partial charge is 0.454 e. The third-order valence-electron chi connectivity index (χ3n) is 19.3. The summed E-state index contributed by atoms with van der Waals surface area (Å²) in [7, 11) is 0. The van der Waals surface area contributed by atoms with Crippen LogP contribution in [0.3, 0.4) is 0 Å². The summed E-state index contributed by atoms with van der Waals surface area (Å²) < 4.78 is 40.9. The molecular formula is C49H78O19. The number of rotatable bonds is 10. The highest BCUT2D eigenvalue weighted by molar-refractivity contribution is 5.79. The zero-order chi connectivity index (χ0) is 49.7. The number of hydrogen-bond acceptors (Lipinski definition) is 19. The van der Waals surface area contributed by atoms with Gasteiger partial charge in [0, 0.05) is 12.3 Å². The molecule has 0 aromatic heterocycles. The van der Waals surface area contributed by atoms with Gasteiger partial charge in [0.2, 0.25) is 6.29 Å². The zero-order valence-electron chi connectivity index (χ0n) is 40.5. The molecule has 3 heterocycles. The third kappa shape index (κ3) is 8.41. The first kappa shape index (κ1) is 52.4. The molecule has 19 nitrogen and oxygen atoms in total. The fraction of sp³-hybridized carbons (Fsp3) is 0.918. The monoisotopic (exact) mass is 971 g/mol. The summed E-state index contributed by atoms with van der Waals surface area (Å²) in [5.41, 5.74) is -1.39. The van der Waals surface area contributed by atoms with Crippen LogP contribution in [0.2, 0.25) is 0 Å². The van der Waals surface area contributed by atoms with E-state index in [0.717, 1.165) is 32.1 Å². The minimum atomic E-state index is -1.82. The smallest absolute Gasteiger partial charge is 0.315 e. The van der Waals surface area contributed by atoms with E-state index in [1.807, 2.05) is 0 Å². The third-order valence-corrected chi connectivity index (χ3v) is 19.3. The lowest BCUT2D eigenvalue weighted by atomic mass is 9.33. The molecule has 0 bridgehead atoms. The van der Waals surface area contributed by atoms with Gasteiger partial charge in [0.1, 0.15) is 61.0 Å². The number of carbonyl (C=O) groups excluding carboxylic acids is 2. The molecule has 23 atom stereocenters. The standard InChI is InChI=1S/C49H78O19/c1-23(52)64-39-32(54)26(53)20-62-42(39)67-31-11-12-45(4)29(46(31,5)22-51)10-13-48(7)30(45)9-8-24-25-18-44(2,3)14-16-49(25,17-15-47(24,48)6)43(61)68-41-38(60)36(58)34(56)28(66-41)21-63-40-37(59)35(57)33(55)27(19-50)65-40/h8,25-42,50-51,53-60H,9-22H2,1-7H3/t25-,26+,27+,28+,29-,30-,31+,32-,33+,34+,35-,36-,37+,38+,39+,40+,41-,42-,45+,46-,47-,48-,49-/m1/s1. The number of aliphatic hydroxyl groups is 10. The fourth-order valence-electron chi connectivity index (χ4n) is 15.0. The summed E-state index contributed by atoms with van der Waals surface area (Å²) in [4.78, 5) is 27.0. The maximum atomic E-state index is 15.0. The molecular weight excluding hydrogens is 893 g/mol. The SMILES string of the molecule is CC(=O)O[C@@H]1[C@@H](O[C@H]2CC[C@@]3(C)[C@@H](CC[C@]4(C)[C@@H]3CC=C3[C@H]5CC(C)(C)CC[C@@]5(C(=O)O[C@H]5O[C@@H](CO[C@H]6O[C@@H](CO)[C@H](O)[C@@H](O)[C@@H]6O)[C@H](O)[C@@H](O)[C@@H]5O)CC[C@]34C)[C@@]2(C)CO)OC[C@H](O)[C@H]1O. The lowest BCUT2D eigenvalue weighted by Gasteiger charge is -2.71. The summed E-state index contributed by atoms with van der Waals surface area (Å²) in [5.74, 6) is -1.21. The number of hydrogen-bond donors (Lipinski definition) is 10. The Kier molecular flexibility index (Phi) is 14.5. The number of carbonyl (C=O) groups is 2. The van der Waals surface area contributed by atoms with Crippen molar-refractivity contribution in [2.45, 2.75) is 205 Å². The Balaban J connectivity index is 1.02. The molecule has 8 aliphatic rings. The summed E-state index contributed by atoms with van der Waals surface area (Å²) in [6.45, 7) is 13.2. The average Bonchev–Trinajstić information content (AvgIpc) is 3.29. The van der Waals surface area contributed by atoms with E-state index in [2.05, 4.69) is 47.6 Å². The van der Waals surface area contributed by atoms with Crippen LogP contribution in [0.5, 0.6) is 0 Å². The number of aliphatic hydroxyl groups excluding tert-OH is 10. The lowest BCUT2D eigenvalue weighted by molar-refractivity contribution is -0.328. The Morgan fingerprint density at radius 3 is 2.01 bits per heavy atom. The second-order valence-electron chi connectivity index (χ2n) is 23.5. The van der Waals surface area contributed by atoms with E-state index in [0.29, 0.717) is 32.1 Å². The van der Waals surface area contributed by atoms with Gasteiger partial charge in [-0.3, -0.25) is 9.59 Å². The van der Waals surface area contributed by atoms with Crippen molar-refractivity contribution in [1.29, 1.82) is 0 Å². The first-order valence-corrected chi connectivity index (χ1v) is 24.8. The normalized spacial score (nSPS) is 52.3. The molecule has 10 N–H and O–H groups in total. The predicted octanol–water partition coefficient (Wildman–Crippen LogP) is 0.323. The van der Waals surface area contributed by atoms with E-state index in [-0.39, 0.29) is 52.6 Å². The van der Waals surface area contributed by atoms with Crippen LogP contribution in [0.15, 0.2) is 11.6 Å². The van der Waals surface area contributed by atoms with Gasteiger partial charge in [0.05, 0.1) is 37.9 Å². The molecule has 0 spiro atoms. The molecule has 68 heavy (non-hydrogen) atoms. The van der Waals surface area contributed by atoms with E-state index in [1.54, 1.807) is 0 Å². The number of allylic oxidation sites excluding steroid dienone is 2. The Bertz CT molecular complexity index is 1880. The van der Waals surface area contributed by atoms with Crippen LogP contribution in [-0.4, -0.2) is 182 Å². The van der Waals surface area contributed by atoms with Crippen LogP contribution >= 0.6 is 0 Å². The van der Waals surface area contributed by atoms with Gasteiger partial charge in [-0.05, 0) is 104 Å². The topological polar surface area (TPSA) is 301 Å². The molecule has 0 unspecified atom stereocenters. The molecule has 7 fully saturated rings. The Morgan fingerprint density at radius 2 is 1.35 bits per heavy atom. The van der Waals surface area contributed by atoms with Crippen molar-refractivity contribution >= 4 is 11.9 Å². The van der Waals surface area contributed by atoms with Crippen molar-refractivity contribution in [2.75, 3.05) is 26.4 Å². The first-order valence-electron chi connectivity index (χ1n) is 24.8. The van der Waals surface area contributed by atoms with E-state index in [1.165, 1.54) is 12.5 Å². The van der Waals surface area contributed by atoms with Gasteiger partial charge in [-0.15, -0.1) is 0 Å². The summed E-state index contributed by atoms with van der Waals surface area (Å²) >= 11 is 0. The quantitative estimate of drug-likeness (QED) is 0.0801. The maximum Gasteiger partial charge on any atom is 0.315 e. The van der Waals surface area contributed by atoms with Gasteiger partial charge in [0.15, 0.2) is 18.7 Å². The van der Waals surface area contributed by atoms with Crippen LogP contribution in [-0.2, 0) is 42.7 Å². The highest BCUT2D eigenvalue weighted by atomic mass is 16.7. The lowest BCUT2D eigenvalue weighted by Crippen LogP contribution is -2.67. The summed E-state index contributed by atoms with van der Waals surface area (Å²) in [6.07, 6.45) is -12.6. The fourth-order valence-corrected chi connectivity index (χ4v) is 15.0. The second-order valence-corrected chi connectivity index (χ2v) is 23.5. The van der Waals surface area contributed by atoms with Gasteiger partial charge in [-0.25, -0.2) is 0 Å². The highest BCUT2D eigenvalue weighted by Crippen LogP contribution is 2.76. The van der Waals surface area contributed by atoms with Gasteiger partial charge in [-0.2, -0.15) is 0 Å². The molecule has 8 rings (SSSR count). The predicted molar refractivity (Wildman–Crippen MR) is 235 cm³/mol. The van der Waals surface area contributed by atoms with Gasteiger partial charge >= 0.3 is 11.9 Å². The van der Waals surface area contributed by atoms with Gasteiger partial charge in [-0.1, -0.05) is 53.2 Å². The molecule has 19 heteroatoms. The molecule has 0 amide bonds. The molecule has 0 radical (unpaired) electrons. The second kappa shape index (κ2) is 18.8.